The molecule has 0 saturated heterocycles. The van der Waals surface area contributed by atoms with Gasteiger partial charge in [0.25, 0.3) is 5.69 Å². The van der Waals surface area contributed by atoms with Gasteiger partial charge in [-0.25, -0.2) is 4.39 Å². The standard InChI is InChI=1S/C23H22BrClFN3O4/c1-32-22-11-15(10-18(24)23(22)33-14-16-4-2-3-5-20(16)26)13-27-8-9-28-21-7-6-17(29(30)31)12-19(21)25/h2-7,10-12,27-28H,8-9,13-14H2,1H3. The molecule has 0 saturated carbocycles. The minimum atomic E-state index is -0.486. The van der Waals surface area contributed by atoms with Gasteiger partial charge in [-0.05, 0) is 45.8 Å². The molecule has 0 unspecified atom stereocenters. The van der Waals surface area contributed by atoms with Crippen LogP contribution < -0.4 is 20.1 Å². The van der Waals surface area contributed by atoms with E-state index in [9.17, 15) is 14.5 Å². The Morgan fingerprint density at radius 1 is 1.15 bits per heavy atom. The lowest BCUT2D eigenvalue weighted by Gasteiger charge is -2.15. The number of benzene rings is 3. The number of nitrogens with one attached hydrogen (secondary N) is 2. The zero-order valence-electron chi connectivity index (χ0n) is 17.7. The van der Waals surface area contributed by atoms with Gasteiger partial charge >= 0.3 is 0 Å². The van der Waals surface area contributed by atoms with E-state index >= 15 is 0 Å². The number of hydrogen-bond donors (Lipinski definition) is 2. The summed E-state index contributed by atoms with van der Waals surface area (Å²) in [5, 5.41) is 17.5. The Hall–Kier alpha value is -2.88. The summed E-state index contributed by atoms with van der Waals surface area (Å²) in [6.07, 6.45) is 0. The molecule has 174 valence electrons. The van der Waals surface area contributed by atoms with Gasteiger partial charge in [0.15, 0.2) is 11.5 Å². The number of ether oxygens (including phenoxy) is 2. The molecule has 0 spiro atoms. The fourth-order valence-corrected chi connectivity index (χ4v) is 3.91. The third kappa shape index (κ3) is 6.80. The summed E-state index contributed by atoms with van der Waals surface area (Å²) in [5.74, 6) is 0.712. The summed E-state index contributed by atoms with van der Waals surface area (Å²) < 4.78 is 25.8. The van der Waals surface area contributed by atoms with E-state index in [-0.39, 0.29) is 18.1 Å². The molecule has 0 atom stereocenters. The first-order valence-corrected chi connectivity index (χ1v) is 11.2. The lowest BCUT2D eigenvalue weighted by Crippen LogP contribution is -2.22. The zero-order chi connectivity index (χ0) is 23.8. The Bertz CT molecular complexity index is 1130. The van der Waals surface area contributed by atoms with Crippen LogP contribution >= 0.6 is 27.5 Å². The van der Waals surface area contributed by atoms with Crippen molar-refractivity contribution < 1.29 is 18.8 Å². The van der Waals surface area contributed by atoms with Crippen LogP contribution in [0, 0.1) is 15.9 Å². The molecule has 0 aromatic heterocycles. The predicted molar refractivity (Wildman–Crippen MR) is 130 cm³/mol. The second-order valence-corrected chi connectivity index (χ2v) is 8.28. The fraction of sp³-hybridized carbons (Fsp3) is 0.217. The van der Waals surface area contributed by atoms with Crippen molar-refractivity contribution in [3.8, 4) is 11.5 Å². The molecule has 0 amide bonds. The molecule has 0 aliphatic rings. The molecule has 3 aromatic rings. The van der Waals surface area contributed by atoms with Crippen molar-refractivity contribution in [2.24, 2.45) is 0 Å². The fourth-order valence-electron chi connectivity index (χ4n) is 3.06. The molecule has 33 heavy (non-hydrogen) atoms. The first-order valence-electron chi connectivity index (χ1n) is 10.00. The number of rotatable bonds is 11. The average molecular weight is 539 g/mol. The van der Waals surface area contributed by atoms with E-state index in [1.165, 1.54) is 18.2 Å². The molecule has 0 fully saturated rings. The molecule has 0 aliphatic carbocycles. The maximum absolute atomic E-state index is 13.9. The third-order valence-corrected chi connectivity index (χ3v) is 5.63. The quantitative estimate of drug-likeness (QED) is 0.179. The lowest BCUT2D eigenvalue weighted by atomic mass is 10.2. The Morgan fingerprint density at radius 2 is 1.94 bits per heavy atom. The van der Waals surface area contributed by atoms with Gasteiger partial charge in [0.05, 0.1) is 27.2 Å². The number of nitro groups is 1. The highest BCUT2D eigenvalue weighted by Crippen LogP contribution is 2.37. The molecule has 7 nitrogen and oxygen atoms in total. The van der Waals surface area contributed by atoms with Gasteiger partial charge in [0.2, 0.25) is 0 Å². The first kappa shape index (κ1) is 24.8. The van der Waals surface area contributed by atoms with E-state index in [0.717, 1.165) is 5.56 Å². The second kappa shape index (κ2) is 11.8. The van der Waals surface area contributed by atoms with E-state index in [0.29, 0.717) is 51.9 Å². The summed E-state index contributed by atoms with van der Waals surface area (Å²) in [4.78, 5) is 10.3. The van der Waals surface area contributed by atoms with Crippen LogP contribution in [0.5, 0.6) is 11.5 Å². The van der Waals surface area contributed by atoms with Gasteiger partial charge in [0, 0.05) is 37.3 Å². The molecule has 0 aliphatic heterocycles. The van der Waals surface area contributed by atoms with E-state index < -0.39 is 4.92 Å². The van der Waals surface area contributed by atoms with Gasteiger partial charge in [-0.15, -0.1) is 0 Å². The Kier molecular flexibility index (Phi) is 8.87. The van der Waals surface area contributed by atoms with Crippen LogP contribution in [0.3, 0.4) is 0 Å². The highest BCUT2D eigenvalue weighted by Gasteiger charge is 2.13. The number of halogens is 3. The maximum Gasteiger partial charge on any atom is 0.271 e. The number of anilines is 1. The van der Waals surface area contributed by atoms with Crippen molar-refractivity contribution in [1.82, 2.24) is 5.32 Å². The summed E-state index contributed by atoms with van der Waals surface area (Å²) in [6, 6.07) is 14.5. The van der Waals surface area contributed by atoms with Crippen molar-refractivity contribution in [1.29, 1.82) is 0 Å². The molecule has 0 radical (unpaired) electrons. The van der Waals surface area contributed by atoms with Crippen molar-refractivity contribution in [3.05, 3.63) is 91.2 Å². The van der Waals surface area contributed by atoms with Crippen molar-refractivity contribution in [2.75, 3.05) is 25.5 Å². The van der Waals surface area contributed by atoms with Crippen LogP contribution in [0.1, 0.15) is 11.1 Å². The normalized spacial score (nSPS) is 10.7. The minimum absolute atomic E-state index is 0.0514. The first-order chi connectivity index (χ1) is 15.9. The predicted octanol–water partition coefficient (Wildman–Crippen LogP) is 5.94. The maximum atomic E-state index is 13.9. The number of non-ortho nitro benzene ring substituents is 1. The topological polar surface area (TPSA) is 85.7 Å². The highest BCUT2D eigenvalue weighted by atomic mass is 79.9. The zero-order valence-corrected chi connectivity index (χ0v) is 20.1. The summed E-state index contributed by atoms with van der Waals surface area (Å²) in [7, 11) is 1.55. The molecular formula is C23H22BrClFN3O4. The largest absolute Gasteiger partial charge is 0.493 e. The van der Waals surface area contributed by atoms with Gasteiger partial charge in [-0.1, -0.05) is 29.8 Å². The third-order valence-electron chi connectivity index (χ3n) is 4.73. The molecule has 0 heterocycles. The SMILES string of the molecule is COc1cc(CNCCNc2ccc([N+](=O)[O-])cc2Cl)cc(Br)c1OCc1ccccc1F. The minimum Gasteiger partial charge on any atom is -0.493 e. The summed E-state index contributed by atoms with van der Waals surface area (Å²) >= 11 is 9.59. The summed E-state index contributed by atoms with van der Waals surface area (Å²) in [5.41, 5.74) is 2.00. The number of nitro benzene ring substituents is 1. The van der Waals surface area contributed by atoms with Gasteiger partial charge in [-0.3, -0.25) is 10.1 Å². The molecular weight excluding hydrogens is 517 g/mol. The van der Waals surface area contributed by atoms with Crippen LogP contribution in [0.2, 0.25) is 5.02 Å². The van der Waals surface area contributed by atoms with Crippen molar-refractivity contribution in [3.63, 3.8) is 0 Å². The van der Waals surface area contributed by atoms with Gasteiger partial charge in [0.1, 0.15) is 12.4 Å². The van der Waals surface area contributed by atoms with Crippen molar-refractivity contribution >= 4 is 38.9 Å². The van der Waals surface area contributed by atoms with Crippen LogP contribution in [0.4, 0.5) is 15.8 Å². The van der Waals surface area contributed by atoms with Gasteiger partial charge < -0.3 is 20.1 Å². The van der Waals surface area contributed by atoms with Crippen LogP contribution in [0.25, 0.3) is 0 Å². The summed E-state index contributed by atoms with van der Waals surface area (Å²) in [6.45, 7) is 1.84. The molecule has 3 rings (SSSR count). The van der Waals surface area contributed by atoms with Gasteiger partial charge in [-0.2, -0.15) is 0 Å². The second-order valence-electron chi connectivity index (χ2n) is 7.01. The van der Waals surface area contributed by atoms with E-state index in [2.05, 4.69) is 26.6 Å². The Morgan fingerprint density at radius 3 is 2.64 bits per heavy atom. The molecule has 2 N–H and O–H groups in total. The smallest absolute Gasteiger partial charge is 0.271 e. The molecule has 10 heteroatoms. The molecule has 3 aromatic carbocycles. The van der Waals surface area contributed by atoms with E-state index in [4.69, 9.17) is 21.1 Å². The van der Waals surface area contributed by atoms with E-state index in [1.807, 2.05) is 12.1 Å². The van der Waals surface area contributed by atoms with Crippen LogP contribution in [-0.4, -0.2) is 25.1 Å². The van der Waals surface area contributed by atoms with Crippen LogP contribution in [0.15, 0.2) is 59.1 Å². The Labute approximate surface area is 204 Å². The Balaban J connectivity index is 1.52. The number of methoxy groups -OCH3 is 1. The molecule has 0 bridgehead atoms. The van der Waals surface area contributed by atoms with E-state index in [1.54, 1.807) is 31.4 Å². The monoisotopic (exact) mass is 537 g/mol. The van der Waals surface area contributed by atoms with Crippen LogP contribution in [-0.2, 0) is 13.2 Å². The highest BCUT2D eigenvalue weighted by molar-refractivity contribution is 9.10. The number of nitrogens with zero attached hydrogens (tertiary/aromatic N) is 1. The number of hydrogen-bond acceptors (Lipinski definition) is 6. The average Bonchev–Trinajstić information content (AvgIpc) is 2.79. The van der Waals surface area contributed by atoms with Crippen molar-refractivity contribution in [2.45, 2.75) is 13.2 Å². The lowest BCUT2D eigenvalue weighted by molar-refractivity contribution is -0.384.